The highest BCUT2D eigenvalue weighted by atomic mass is 79.9. The zero-order chi connectivity index (χ0) is 12.4. The molecule has 3 rings (SSSR count). The van der Waals surface area contributed by atoms with Gasteiger partial charge in [0, 0.05) is 4.47 Å². The summed E-state index contributed by atoms with van der Waals surface area (Å²) < 4.78 is 6.91. The van der Waals surface area contributed by atoms with Gasteiger partial charge >= 0.3 is 0 Å². The second kappa shape index (κ2) is 5.22. The number of benzene rings is 2. The molecular formula is C15H14BrNO. The highest BCUT2D eigenvalue weighted by Gasteiger charge is 2.26. The minimum absolute atomic E-state index is 0.0108. The minimum atomic E-state index is -0.0108. The number of rotatable bonds is 2. The van der Waals surface area contributed by atoms with E-state index < -0.39 is 0 Å². The van der Waals surface area contributed by atoms with Crippen LogP contribution in [0.3, 0.4) is 0 Å². The van der Waals surface area contributed by atoms with E-state index in [1.54, 1.807) is 0 Å². The van der Waals surface area contributed by atoms with Crippen LogP contribution < -0.4 is 5.32 Å². The molecule has 2 aromatic carbocycles. The lowest BCUT2D eigenvalue weighted by Crippen LogP contribution is -2.18. The standard InChI is InChI=1S/C15H14BrNO/c16-13-8-6-12(7-9-13)15-17-14(10-18-15)11-4-2-1-3-5-11/h1-9,14-15,17H,10H2/t14-,15-/m1/s1. The van der Waals surface area contributed by atoms with Crippen molar-refractivity contribution in [1.82, 2.24) is 5.32 Å². The van der Waals surface area contributed by atoms with E-state index in [1.165, 1.54) is 5.56 Å². The van der Waals surface area contributed by atoms with E-state index in [1.807, 2.05) is 18.2 Å². The summed E-state index contributed by atoms with van der Waals surface area (Å²) in [6.45, 7) is 0.713. The van der Waals surface area contributed by atoms with Gasteiger partial charge in [0.2, 0.25) is 0 Å². The van der Waals surface area contributed by atoms with Crippen molar-refractivity contribution in [3.05, 3.63) is 70.2 Å². The smallest absolute Gasteiger partial charge is 0.134 e. The van der Waals surface area contributed by atoms with Crippen molar-refractivity contribution >= 4 is 15.9 Å². The molecule has 3 heteroatoms. The second-order valence-corrected chi connectivity index (χ2v) is 5.31. The number of hydrogen-bond donors (Lipinski definition) is 1. The Morgan fingerprint density at radius 1 is 0.944 bits per heavy atom. The van der Waals surface area contributed by atoms with Crippen LogP contribution in [-0.2, 0) is 4.74 Å². The summed E-state index contributed by atoms with van der Waals surface area (Å²) in [4.78, 5) is 0. The molecule has 1 N–H and O–H groups in total. The quantitative estimate of drug-likeness (QED) is 0.911. The molecule has 0 unspecified atom stereocenters. The highest BCUT2D eigenvalue weighted by molar-refractivity contribution is 9.10. The van der Waals surface area contributed by atoms with Gasteiger partial charge in [-0.2, -0.15) is 0 Å². The Kier molecular flexibility index (Phi) is 3.46. The maximum atomic E-state index is 5.82. The average molecular weight is 304 g/mol. The lowest BCUT2D eigenvalue weighted by Gasteiger charge is -2.12. The largest absolute Gasteiger partial charge is 0.357 e. The fourth-order valence-corrected chi connectivity index (χ4v) is 2.44. The Morgan fingerprint density at radius 2 is 1.67 bits per heavy atom. The van der Waals surface area contributed by atoms with Crippen molar-refractivity contribution in [2.24, 2.45) is 0 Å². The second-order valence-electron chi connectivity index (χ2n) is 4.39. The van der Waals surface area contributed by atoms with Crippen molar-refractivity contribution in [1.29, 1.82) is 0 Å². The van der Waals surface area contributed by atoms with Gasteiger partial charge in [-0.05, 0) is 23.3 Å². The lowest BCUT2D eigenvalue weighted by atomic mass is 10.1. The lowest BCUT2D eigenvalue weighted by molar-refractivity contribution is 0.101. The van der Waals surface area contributed by atoms with Crippen LogP contribution >= 0.6 is 15.9 Å². The highest BCUT2D eigenvalue weighted by Crippen LogP contribution is 2.28. The molecule has 2 atom stereocenters. The number of nitrogens with one attached hydrogen (secondary N) is 1. The van der Waals surface area contributed by atoms with Gasteiger partial charge in [0.1, 0.15) is 6.23 Å². The first kappa shape index (κ1) is 11.9. The molecule has 0 saturated carbocycles. The number of ether oxygens (including phenoxy) is 1. The third kappa shape index (κ3) is 2.48. The molecule has 92 valence electrons. The number of hydrogen-bond acceptors (Lipinski definition) is 2. The van der Waals surface area contributed by atoms with Crippen LogP contribution in [0.15, 0.2) is 59.1 Å². The Balaban J connectivity index is 1.74. The van der Waals surface area contributed by atoms with E-state index in [-0.39, 0.29) is 12.3 Å². The van der Waals surface area contributed by atoms with Gasteiger partial charge in [0.25, 0.3) is 0 Å². The van der Waals surface area contributed by atoms with Crippen molar-refractivity contribution < 1.29 is 4.74 Å². The molecule has 2 aromatic rings. The van der Waals surface area contributed by atoms with E-state index in [0.29, 0.717) is 6.61 Å². The molecule has 18 heavy (non-hydrogen) atoms. The normalized spacial score (nSPS) is 23.2. The molecule has 1 heterocycles. The molecule has 1 saturated heterocycles. The van der Waals surface area contributed by atoms with E-state index in [0.717, 1.165) is 10.0 Å². The molecule has 0 aliphatic carbocycles. The predicted molar refractivity (Wildman–Crippen MR) is 75.2 cm³/mol. The molecule has 1 aliphatic heterocycles. The van der Waals surface area contributed by atoms with E-state index in [9.17, 15) is 0 Å². The monoisotopic (exact) mass is 303 g/mol. The van der Waals surface area contributed by atoms with Gasteiger partial charge in [-0.3, -0.25) is 5.32 Å². The summed E-state index contributed by atoms with van der Waals surface area (Å²) in [5.74, 6) is 0. The van der Waals surface area contributed by atoms with Crippen LogP contribution in [0.5, 0.6) is 0 Å². The molecule has 0 bridgehead atoms. The Hall–Kier alpha value is -1.16. The third-order valence-electron chi connectivity index (χ3n) is 3.16. The van der Waals surface area contributed by atoms with Crippen LogP contribution in [0.1, 0.15) is 23.4 Å². The van der Waals surface area contributed by atoms with E-state index >= 15 is 0 Å². The van der Waals surface area contributed by atoms with E-state index in [4.69, 9.17) is 4.74 Å². The summed E-state index contributed by atoms with van der Waals surface area (Å²) in [6, 6.07) is 18.9. The maximum Gasteiger partial charge on any atom is 0.134 e. The summed E-state index contributed by atoms with van der Waals surface area (Å²) >= 11 is 3.44. The van der Waals surface area contributed by atoms with Crippen molar-refractivity contribution in [3.8, 4) is 0 Å². The summed E-state index contributed by atoms with van der Waals surface area (Å²) in [5.41, 5.74) is 2.44. The van der Waals surface area contributed by atoms with Crippen LogP contribution in [0, 0.1) is 0 Å². The van der Waals surface area contributed by atoms with Gasteiger partial charge in [-0.15, -0.1) is 0 Å². The zero-order valence-corrected chi connectivity index (χ0v) is 11.4. The first-order valence-electron chi connectivity index (χ1n) is 6.01. The van der Waals surface area contributed by atoms with Gasteiger partial charge in [0.05, 0.1) is 12.6 Å². The van der Waals surface area contributed by atoms with Gasteiger partial charge < -0.3 is 4.74 Å². The van der Waals surface area contributed by atoms with Crippen LogP contribution in [0.4, 0.5) is 0 Å². The summed E-state index contributed by atoms with van der Waals surface area (Å²) in [6.07, 6.45) is -0.0108. The summed E-state index contributed by atoms with van der Waals surface area (Å²) in [7, 11) is 0. The molecule has 2 nitrogen and oxygen atoms in total. The first-order chi connectivity index (χ1) is 8.83. The first-order valence-corrected chi connectivity index (χ1v) is 6.80. The number of halogens is 1. The van der Waals surface area contributed by atoms with Gasteiger partial charge in [-0.1, -0.05) is 58.4 Å². The Labute approximate surface area is 115 Å². The molecule has 1 fully saturated rings. The average Bonchev–Trinajstić information content (AvgIpc) is 2.90. The third-order valence-corrected chi connectivity index (χ3v) is 3.69. The fraction of sp³-hybridized carbons (Fsp3) is 0.200. The molecule has 0 radical (unpaired) electrons. The van der Waals surface area contributed by atoms with Crippen LogP contribution in [0.25, 0.3) is 0 Å². The zero-order valence-electron chi connectivity index (χ0n) is 9.84. The van der Waals surface area contributed by atoms with Gasteiger partial charge in [-0.25, -0.2) is 0 Å². The Bertz CT molecular complexity index is 512. The molecule has 0 aromatic heterocycles. The van der Waals surface area contributed by atoms with Crippen molar-refractivity contribution in [3.63, 3.8) is 0 Å². The molecular weight excluding hydrogens is 290 g/mol. The predicted octanol–water partition coefficient (Wildman–Crippen LogP) is 3.81. The van der Waals surface area contributed by atoms with Crippen molar-refractivity contribution in [2.75, 3.05) is 6.61 Å². The summed E-state index contributed by atoms with van der Waals surface area (Å²) in [5, 5.41) is 3.51. The van der Waals surface area contributed by atoms with Gasteiger partial charge in [0.15, 0.2) is 0 Å². The fourth-order valence-electron chi connectivity index (χ4n) is 2.18. The molecule has 0 spiro atoms. The molecule has 1 aliphatic rings. The van der Waals surface area contributed by atoms with Crippen LogP contribution in [-0.4, -0.2) is 6.61 Å². The van der Waals surface area contributed by atoms with Crippen LogP contribution in [0.2, 0.25) is 0 Å². The Morgan fingerprint density at radius 3 is 2.39 bits per heavy atom. The topological polar surface area (TPSA) is 21.3 Å². The maximum absolute atomic E-state index is 5.82. The SMILES string of the molecule is Brc1ccc([C@@H]2N[C@@H](c3ccccc3)CO2)cc1. The molecule has 0 amide bonds. The van der Waals surface area contributed by atoms with Crippen molar-refractivity contribution in [2.45, 2.75) is 12.3 Å². The van der Waals surface area contributed by atoms with E-state index in [2.05, 4.69) is 57.6 Å². The minimum Gasteiger partial charge on any atom is -0.357 e.